The lowest BCUT2D eigenvalue weighted by Crippen LogP contribution is -2.17. The van der Waals surface area contributed by atoms with Gasteiger partial charge in [0, 0.05) is 12.0 Å². The van der Waals surface area contributed by atoms with E-state index in [1.807, 2.05) is 51.1 Å². The van der Waals surface area contributed by atoms with Gasteiger partial charge in [-0.1, -0.05) is 48.9 Å². The molecule has 1 heterocycles. The monoisotopic (exact) mass is 276 g/mol. The van der Waals surface area contributed by atoms with Gasteiger partial charge in [0.15, 0.2) is 5.78 Å². The molecule has 100 valence electrons. The highest BCUT2D eigenvalue weighted by molar-refractivity contribution is 6.33. The van der Waals surface area contributed by atoms with Gasteiger partial charge in [0.1, 0.15) is 5.69 Å². The molecule has 1 unspecified atom stereocenters. The normalized spacial score (nSPS) is 12.7. The van der Waals surface area contributed by atoms with Crippen LogP contribution >= 0.6 is 11.6 Å². The average Bonchev–Trinajstić information content (AvgIpc) is 2.80. The number of hydrogen-bond acceptors (Lipinski definition) is 2. The number of nitrogens with zero attached hydrogens (tertiary/aromatic N) is 2. The van der Waals surface area contributed by atoms with Crippen molar-refractivity contribution in [3.8, 4) is 0 Å². The molecule has 0 fully saturated rings. The largest absolute Gasteiger partial charge is 0.292 e. The fourth-order valence-corrected chi connectivity index (χ4v) is 2.28. The maximum atomic E-state index is 12.6. The summed E-state index contributed by atoms with van der Waals surface area (Å²) in [6.07, 6.45) is 1.53. The Bertz CT molecular complexity index is 575. The number of halogens is 1. The zero-order valence-electron chi connectivity index (χ0n) is 11.3. The second-order valence-electron chi connectivity index (χ2n) is 4.88. The molecule has 0 N–H and O–H groups in total. The quantitative estimate of drug-likeness (QED) is 0.788. The van der Waals surface area contributed by atoms with Crippen molar-refractivity contribution in [1.29, 1.82) is 0 Å². The Labute approximate surface area is 118 Å². The van der Waals surface area contributed by atoms with E-state index in [1.165, 1.54) is 6.20 Å². The molecule has 3 nitrogen and oxygen atoms in total. The van der Waals surface area contributed by atoms with Crippen LogP contribution in [0.3, 0.4) is 0 Å². The van der Waals surface area contributed by atoms with E-state index in [0.717, 1.165) is 5.56 Å². The molecule has 0 saturated heterocycles. The van der Waals surface area contributed by atoms with E-state index in [-0.39, 0.29) is 17.7 Å². The molecular formula is C15H17ClN2O. The molecule has 1 aromatic carbocycles. The zero-order valence-corrected chi connectivity index (χ0v) is 12.1. The van der Waals surface area contributed by atoms with Crippen LogP contribution < -0.4 is 0 Å². The number of Topliss-reactive ketones (excluding diaryl/α,β-unsaturated/α-hetero) is 1. The van der Waals surface area contributed by atoms with Crippen molar-refractivity contribution in [2.75, 3.05) is 0 Å². The second-order valence-corrected chi connectivity index (χ2v) is 5.28. The Hall–Kier alpha value is -1.61. The fourth-order valence-electron chi connectivity index (χ4n) is 2.06. The maximum Gasteiger partial charge on any atom is 0.189 e. The van der Waals surface area contributed by atoms with Gasteiger partial charge < -0.3 is 0 Å². The molecule has 2 rings (SSSR count). The lowest BCUT2D eigenvalue weighted by Gasteiger charge is -2.15. The van der Waals surface area contributed by atoms with Crippen molar-refractivity contribution in [2.24, 2.45) is 0 Å². The van der Waals surface area contributed by atoms with Crippen molar-refractivity contribution in [3.63, 3.8) is 0 Å². The summed E-state index contributed by atoms with van der Waals surface area (Å²) in [5, 5.41) is 4.59. The van der Waals surface area contributed by atoms with Crippen LogP contribution in [0.2, 0.25) is 5.02 Å². The Morgan fingerprint density at radius 3 is 2.42 bits per heavy atom. The summed E-state index contributed by atoms with van der Waals surface area (Å²) in [5.41, 5.74) is 1.48. The average molecular weight is 277 g/mol. The molecule has 4 heteroatoms. The van der Waals surface area contributed by atoms with Crippen LogP contribution in [0.25, 0.3) is 0 Å². The van der Waals surface area contributed by atoms with E-state index in [4.69, 9.17) is 11.6 Å². The first-order valence-corrected chi connectivity index (χ1v) is 6.72. The van der Waals surface area contributed by atoms with E-state index in [0.29, 0.717) is 10.7 Å². The summed E-state index contributed by atoms with van der Waals surface area (Å²) in [5.74, 6) is -0.227. The predicted octanol–water partition coefficient (Wildman–Crippen LogP) is 4.10. The summed E-state index contributed by atoms with van der Waals surface area (Å²) in [4.78, 5) is 12.6. The van der Waals surface area contributed by atoms with Crippen LogP contribution in [-0.2, 0) is 0 Å². The van der Waals surface area contributed by atoms with Crippen molar-refractivity contribution in [2.45, 2.75) is 32.7 Å². The van der Waals surface area contributed by atoms with Gasteiger partial charge in [-0.05, 0) is 19.4 Å². The van der Waals surface area contributed by atoms with Crippen molar-refractivity contribution < 1.29 is 4.79 Å². The van der Waals surface area contributed by atoms with Crippen LogP contribution in [-0.4, -0.2) is 15.6 Å². The molecule has 0 aliphatic carbocycles. The zero-order chi connectivity index (χ0) is 14.0. The first-order chi connectivity index (χ1) is 9.02. The van der Waals surface area contributed by atoms with Gasteiger partial charge in [-0.25, -0.2) is 0 Å². The minimum Gasteiger partial charge on any atom is -0.292 e. The lowest BCUT2D eigenvalue weighted by molar-refractivity contribution is 0.0954. The van der Waals surface area contributed by atoms with Gasteiger partial charge in [0.2, 0.25) is 0 Å². The molecule has 1 aromatic heterocycles. The molecule has 0 amide bonds. The fraction of sp³-hybridized carbons (Fsp3) is 0.333. The minimum absolute atomic E-state index is 0.00222. The number of ketones is 1. The Morgan fingerprint density at radius 1 is 1.21 bits per heavy atom. The third-order valence-corrected chi connectivity index (χ3v) is 3.44. The molecule has 19 heavy (non-hydrogen) atoms. The number of hydrogen-bond donors (Lipinski definition) is 0. The van der Waals surface area contributed by atoms with Crippen LogP contribution in [0.15, 0.2) is 36.5 Å². The lowest BCUT2D eigenvalue weighted by atomic mass is 9.95. The molecular weight excluding hydrogens is 260 g/mol. The van der Waals surface area contributed by atoms with E-state index in [9.17, 15) is 4.79 Å². The van der Waals surface area contributed by atoms with Crippen LogP contribution in [0, 0.1) is 0 Å². The topological polar surface area (TPSA) is 34.9 Å². The predicted molar refractivity (Wildman–Crippen MR) is 76.8 cm³/mol. The van der Waals surface area contributed by atoms with Gasteiger partial charge >= 0.3 is 0 Å². The Balaban J connectivity index is 2.37. The Morgan fingerprint density at radius 2 is 1.84 bits per heavy atom. The van der Waals surface area contributed by atoms with E-state index >= 15 is 0 Å². The smallest absolute Gasteiger partial charge is 0.189 e. The minimum atomic E-state index is -0.229. The van der Waals surface area contributed by atoms with E-state index in [2.05, 4.69) is 5.10 Å². The maximum absolute atomic E-state index is 12.6. The van der Waals surface area contributed by atoms with E-state index in [1.54, 1.807) is 4.68 Å². The van der Waals surface area contributed by atoms with Gasteiger partial charge in [0.25, 0.3) is 0 Å². The van der Waals surface area contributed by atoms with Crippen molar-refractivity contribution >= 4 is 17.4 Å². The van der Waals surface area contributed by atoms with E-state index < -0.39 is 0 Å². The third kappa shape index (κ3) is 2.71. The molecule has 0 bridgehead atoms. The number of aromatic nitrogens is 2. The highest BCUT2D eigenvalue weighted by Crippen LogP contribution is 2.26. The second kappa shape index (κ2) is 5.57. The molecule has 2 aromatic rings. The number of rotatable bonds is 4. The molecule has 0 saturated carbocycles. The summed E-state index contributed by atoms with van der Waals surface area (Å²) >= 11 is 6.11. The first kappa shape index (κ1) is 13.8. The molecule has 1 atom stereocenters. The number of benzene rings is 1. The standard InChI is InChI=1S/C15H17ClN2O/c1-10(2)18-14(13(16)9-17-18)15(19)11(3)12-7-5-4-6-8-12/h4-11H,1-3H3. The SMILES string of the molecule is CC(C(=O)c1c(Cl)cnn1C(C)C)c1ccccc1. The summed E-state index contributed by atoms with van der Waals surface area (Å²) in [6, 6.07) is 9.81. The third-order valence-electron chi connectivity index (χ3n) is 3.17. The van der Waals surface area contributed by atoms with Crippen molar-refractivity contribution in [1.82, 2.24) is 9.78 Å². The van der Waals surface area contributed by atoms with Gasteiger partial charge in [-0.15, -0.1) is 0 Å². The summed E-state index contributed by atoms with van der Waals surface area (Å²) in [7, 11) is 0. The van der Waals surface area contributed by atoms with Crippen LogP contribution in [0.1, 0.15) is 48.8 Å². The van der Waals surface area contributed by atoms with Gasteiger partial charge in [0.05, 0.1) is 11.2 Å². The van der Waals surface area contributed by atoms with Crippen LogP contribution in [0.5, 0.6) is 0 Å². The number of carbonyl (C=O) groups excluding carboxylic acids is 1. The van der Waals surface area contributed by atoms with Crippen molar-refractivity contribution in [3.05, 3.63) is 52.8 Å². The summed E-state index contributed by atoms with van der Waals surface area (Å²) in [6.45, 7) is 5.85. The molecule has 0 aliphatic heterocycles. The molecule has 0 aliphatic rings. The molecule has 0 spiro atoms. The molecule has 0 radical (unpaired) electrons. The van der Waals surface area contributed by atoms with Gasteiger partial charge in [-0.2, -0.15) is 5.10 Å². The summed E-state index contributed by atoms with van der Waals surface area (Å²) < 4.78 is 1.68. The first-order valence-electron chi connectivity index (χ1n) is 6.34. The highest BCUT2D eigenvalue weighted by Gasteiger charge is 2.24. The van der Waals surface area contributed by atoms with Crippen LogP contribution in [0.4, 0.5) is 0 Å². The Kier molecular flexibility index (Phi) is 4.05. The number of carbonyl (C=O) groups is 1. The highest BCUT2D eigenvalue weighted by atomic mass is 35.5. The van der Waals surface area contributed by atoms with Gasteiger partial charge in [-0.3, -0.25) is 9.48 Å².